The number of pyridine rings is 1. The number of hydrogen-bond acceptors (Lipinski definition) is 2. The number of carbonyl (C=O) groups excluding carboxylic acids is 1. The standard InChI is InChI=1S/C43H37NO/c1-4-10-40(34-21-17-30(2)18-22-34)33-13-8-14-35(26-25-33)41-28-39(32-11-6-5-7-12-32)29-42(44-41)37-15-9-16-38(27-37)43(45)36-23-19-31(3)20-24-36/h5-29,33H,4H2,1-3H3/b40-10-. The van der Waals surface area contributed by atoms with Gasteiger partial charge in [-0.05, 0) is 66.3 Å². The van der Waals surface area contributed by atoms with Crippen LogP contribution < -0.4 is 0 Å². The topological polar surface area (TPSA) is 30.0 Å². The van der Waals surface area contributed by atoms with E-state index in [2.05, 4.69) is 111 Å². The Morgan fingerprint density at radius 2 is 1.33 bits per heavy atom. The molecule has 1 heterocycles. The number of aromatic nitrogens is 1. The molecule has 1 aliphatic carbocycles. The Morgan fingerprint density at radius 3 is 2.04 bits per heavy atom. The van der Waals surface area contributed by atoms with Crippen LogP contribution in [0.5, 0.6) is 0 Å². The summed E-state index contributed by atoms with van der Waals surface area (Å²) in [6, 6.07) is 39.0. The zero-order valence-electron chi connectivity index (χ0n) is 26.1. The lowest BCUT2D eigenvalue weighted by molar-refractivity contribution is 0.103. The van der Waals surface area contributed by atoms with Crippen LogP contribution in [-0.2, 0) is 0 Å². The fourth-order valence-electron chi connectivity index (χ4n) is 5.71. The van der Waals surface area contributed by atoms with Crippen molar-refractivity contribution >= 4 is 16.9 Å². The second-order valence-corrected chi connectivity index (χ2v) is 11.6. The van der Waals surface area contributed by atoms with Gasteiger partial charge in [-0.1, -0.05) is 152 Å². The van der Waals surface area contributed by atoms with Gasteiger partial charge in [0.05, 0.1) is 11.4 Å². The Morgan fingerprint density at radius 1 is 0.667 bits per heavy atom. The molecule has 1 atom stereocenters. The van der Waals surface area contributed by atoms with E-state index in [1.807, 2.05) is 61.5 Å². The first-order valence-corrected chi connectivity index (χ1v) is 15.6. The molecule has 1 aliphatic rings. The molecule has 0 spiro atoms. The van der Waals surface area contributed by atoms with Gasteiger partial charge in [-0.15, -0.1) is 0 Å². The van der Waals surface area contributed by atoms with E-state index in [0.717, 1.165) is 45.6 Å². The van der Waals surface area contributed by atoms with Crippen LogP contribution in [-0.4, -0.2) is 10.8 Å². The maximum Gasteiger partial charge on any atom is 0.193 e. The predicted molar refractivity (Wildman–Crippen MR) is 189 cm³/mol. The van der Waals surface area contributed by atoms with Crippen molar-refractivity contribution in [3.63, 3.8) is 0 Å². The molecular formula is C43H37NO. The normalized spacial score (nSPS) is 14.6. The van der Waals surface area contributed by atoms with Gasteiger partial charge in [0.1, 0.15) is 0 Å². The van der Waals surface area contributed by atoms with E-state index in [9.17, 15) is 4.79 Å². The second kappa shape index (κ2) is 13.5. The number of carbonyl (C=O) groups is 1. The van der Waals surface area contributed by atoms with E-state index in [-0.39, 0.29) is 11.7 Å². The molecule has 2 nitrogen and oxygen atoms in total. The molecule has 6 rings (SSSR count). The summed E-state index contributed by atoms with van der Waals surface area (Å²) in [6.45, 7) is 6.33. The van der Waals surface area contributed by atoms with Crippen LogP contribution in [0, 0.1) is 19.8 Å². The van der Waals surface area contributed by atoms with Gasteiger partial charge in [0.15, 0.2) is 5.78 Å². The van der Waals surface area contributed by atoms with Crippen molar-refractivity contribution in [3.05, 3.63) is 185 Å². The predicted octanol–water partition coefficient (Wildman–Crippen LogP) is 10.9. The molecule has 45 heavy (non-hydrogen) atoms. The maximum absolute atomic E-state index is 13.4. The van der Waals surface area contributed by atoms with E-state index < -0.39 is 0 Å². The van der Waals surface area contributed by atoms with Crippen LogP contribution in [0.1, 0.15) is 51.7 Å². The zero-order valence-corrected chi connectivity index (χ0v) is 26.1. The van der Waals surface area contributed by atoms with E-state index in [1.165, 1.54) is 16.7 Å². The van der Waals surface area contributed by atoms with Crippen LogP contribution in [0.4, 0.5) is 0 Å². The smallest absolute Gasteiger partial charge is 0.193 e. The van der Waals surface area contributed by atoms with Gasteiger partial charge < -0.3 is 0 Å². The Balaban J connectivity index is 1.38. The van der Waals surface area contributed by atoms with Crippen LogP contribution in [0.25, 0.3) is 33.5 Å². The minimum atomic E-state index is 0.00592. The monoisotopic (exact) mass is 583 g/mol. The van der Waals surface area contributed by atoms with Crippen molar-refractivity contribution in [2.75, 3.05) is 0 Å². The van der Waals surface area contributed by atoms with Gasteiger partial charge in [-0.3, -0.25) is 4.79 Å². The van der Waals surface area contributed by atoms with Crippen LogP contribution in [0.2, 0.25) is 0 Å². The molecule has 0 saturated heterocycles. The van der Waals surface area contributed by atoms with Crippen LogP contribution >= 0.6 is 0 Å². The SMILES string of the molecule is CC/C=C(\c1ccc(C)cc1)C1C=CC=C(c2cc(-c3ccccc3)cc(-c3cccc(C(=O)c4ccc(C)cc4)c3)n2)C=C1. The molecule has 1 aromatic heterocycles. The van der Waals surface area contributed by atoms with Crippen LogP contribution in [0.15, 0.2) is 152 Å². The average molecular weight is 584 g/mol. The van der Waals surface area contributed by atoms with Crippen LogP contribution in [0.3, 0.4) is 0 Å². The lowest BCUT2D eigenvalue weighted by Gasteiger charge is -2.14. The molecule has 0 amide bonds. The first kappa shape index (κ1) is 29.7. The Labute approximate surface area is 266 Å². The summed E-state index contributed by atoms with van der Waals surface area (Å²) in [4.78, 5) is 18.6. The van der Waals surface area contributed by atoms with Crippen molar-refractivity contribution in [1.29, 1.82) is 0 Å². The van der Waals surface area contributed by atoms with Crippen molar-refractivity contribution in [2.45, 2.75) is 27.2 Å². The van der Waals surface area contributed by atoms with Gasteiger partial charge in [-0.2, -0.15) is 0 Å². The third-order valence-corrected chi connectivity index (χ3v) is 8.21. The number of rotatable bonds is 8. The molecule has 0 N–H and O–H groups in total. The fraction of sp³-hybridized carbons (Fsp3) is 0.116. The van der Waals surface area contributed by atoms with E-state index in [1.54, 1.807) is 0 Å². The summed E-state index contributed by atoms with van der Waals surface area (Å²) < 4.78 is 0. The number of hydrogen-bond donors (Lipinski definition) is 0. The third-order valence-electron chi connectivity index (χ3n) is 8.21. The summed E-state index contributed by atoms with van der Waals surface area (Å²) in [5.74, 6) is 0.161. The average Bonchev–Trinajstić information content (AvgIpc) is 3.34. The number of benzene rings is 4. The summed E-state index contributed by atoms with van der Waals surface area (Å²) in [6.07, 6.45) is 14.3. The minimum absolute atomic E-state index is 0.00592. The molecular weight excluding hydrogens is 546 g/mol. The molecule has 0 bridgehead atoms. The number of ketones is 1. The van der Waals surface area contributed by atoms with Gasteiger partial charge in [-0.25, -0.2) is 4.98 Å². The summed E-state index contributed by atoms with van der Waals surface area (Å²) in [5.41, 5.74) is 12.1. The molecule has 4 aromatic carbocycles. The highest BCUT2D eigenvalue weighted by Gasteiger charge is 2.16. The Hall–Kier alpha value is -5.34. The van der Waals surface area contributed by atoms with E-state index in [4.69, 9.17) is 4.98 Å². The number of nitrogens with zero attached hydrogens (tertiary/aromatic N) is 1. The first-order valence-electron chi connectivity index (χ1n) is 15.6. The second-order valence-electron chi connectivity index (χ2n) is 11.6. The summed E-state index contributed by atoms with van der Waals surface area (Å²) >= 11 is 0. The van der Waals surface area contributed by atoms with Crippen molar-refractivity contribution in [1.82, 2.24) is 4.98 Å². The van der Waals surface area contributed by atoms with Gasteiger partial charge >= 0.3 is 0 Å². The first-order chi connectivity index (χ1) is 22.0. The highest BCUT2D eigenvalue weighted by Crippen LogP contribution is 2.33. The quantitative estimate of drug-likeness (QED) is 0.170. The summed E-state index contributed by atoms with van der Waals surface area (Å²) in [7, 11) is 0. The molecule has 0 fully saturated rings. The highest BCUT2D eigenvalue weighted by atomic mass is 16.1. The Kier molecular flexibility index (Phi) is 8.94. The fourth-order valence-corrected chi connectivity index (χ4v) is 5.71. The van der Waals surface area contributed by atoms with Crippen molar-refractivity contribution < 1.29 is 4.79 Å². The maximum atomic E-state index is 13.4. The molecule has 0 aliphatic heterocycles. The van der Waals surface area contributed by atoms with Gasteiger partial charge in [0.2, 0.25) is 0 Å². The van der Waals surface area contributed by atoms with Crippen molar-refractivity contribution in [2.24, 2.45) is 5.92 Å². The summed E-state index contributed by atoms with van der Waals surface area (Å²) in [5, 5.41) is 0. The number of aryl methyl sites for hydroxylation is 2. The van der Waals surface area contributed by atoms with Gasteiger partial charge in [0.25, 0.3) is 0 Å². The molecule has 220 valence electrons. The van der Waals surface area contributed by atoms with E-state index >= 15 is 0 Å². The lowest BCUT2D eigenvalue weighted by Crippen LogP contribution is -2.02. The van der Waals surface area contributed by atoms with E-state index in [0.29, 0.717) is 11.1 Å². The number of allylic oxidation sites excluding steroid dienone is 8. The highest BCUT2D eigenvalue weighted by molar-refractivity contribution is 6.09. The molecule has 0 saturated carbocycles. The largest absolute Gasteiger partial charge is 0.289 e. The molecule has 1 unspecified atom stereocenters. The lowest BCUT2D eigenvalue weighted by atomic mass is 9.90. The molecule has 5 aromatic rings. The van der Waals surface area contributed by atoms with Gasteiger partial charge in [0, 0.05) is 22.6 Å². The minimum Gasteiger partial charge on any atom is -0.289 e. The van der Waals surface area contributed by atoms with Crippen molar-refractivity contribution in [3.8, 4) is 22.4 Å². The molecule has 0 radical (unpaired) electrons. The zero-order chi connectivity index (χ0) is 31.2. The Bertz CT molecular complexity index is 1940. The molecule has 2 heteroatoms. The third kappa shape index (κ3) is 6.92.